The summed E-state index contributed by atoms with van der Waals surface area (Å²) in [6.45, 7) is 9.46. The summed E-state index contributed by atoms with van der Waals surface area (Å²) in [5.74, 6) is -0.232. The van der Waals surface area contributed by atoms with Gasteiger partial charge in [-0.1, -0.05) is 32.0 Å². The van der Waals surface area contributed by atoms with Gasteiger partial charge in [-0.05, 0) is 25.5 Å². The van der Waals surface area contributed by atoms with Gasteiger partial charge in [0.2, 0.25) is 0 Å². The first-order valence-electron chi connectivity index (χ1n) is 6.70. The molecule has 0 saturated carbocycles. The van der Waals surface area contributed by atoms with Crippen molar-refractivity contribution in [3.63, 3.8) is 0 Å². The zero-order chi connectivity index (χ0) is 14.5. The van der Waals surface area contributed by atoms with Gasteiger partial charge < -0.3 is 10.2 Å². The molecule has 19 heavy (non-hydrogen) atoms. The topological polar surface area (TPSA) is 32.3 Å². The first kappa shape index (κ1) is 15.5. The zero-order valence-corrected chi connectivity index (χ0v) is 12.2. The van der Waals surface area contributed by atoms with Gasteiger partial charge in [-0.2, -0.15) is 0 Å². The number of urea groups is 1. The molecule has 106 valence electrons. The molecule has 1 N–H and O–H groups in total. The highest BCUT2D eigenvalue weighted by atomic mass is 19.1. The zero-order valence-electron chi connectivity index (χ0n) is 12.2. The van der Waals surface area contributed by atoms with Crippen LogP contribution in [-0.2, 0) is 5.41 Å². The standard InChI is InChI=1S/C15H23FN2O/c1-5-18(6-2)14(19)17-11-15(3,4)12-9-7-8-10-13(12)16/h7-10H,5-6,11H2,1-4H3,(H,17,19). The fourth-order valence-electron chi connectivity index (χ4n) is 2.02. The number of halogens is 1. The van der Waals surface area contributed by atoms with E-state index in [1.165, 1.54) is 6.07 Å². The van der Waals surface area contributed by atoms with Crippen molar-refractivity contribution in [2.75, 3.05) is 19.6 Å². The molecule has 0 unspecified atom stereocenters. The maximum absolute atomic E-state index is 13.8. The van der Waals surface area contributed by atoms with Crippen LogP contribution >= 0.6 is 0 Å². The van der Waals surface area contributed by atoms with Gasteiger partial charge in [0.1, 0.15) is 5.82 Å². The molecule has 1 aromatic rings. The largest absolute Gasteiger partial charge is 0.337 e. The van der Waals surface area contributed by atoms with Gasteiger partial charge in [-0.15, -0.1) is 0 Å². The molecule has 0 saturated heterocycles. The maximum atomic E-state index is 13.8. The number of hydrogen-bond donors (Lipinski definition) is 1. The number of hydrogen-bond acceptors (Lipinski definition) is 1. The molecule has 4 heteroatoms. The summed E-state index contributed by atoms with van der Waals surface area (Å²) in [5.41, 5.74) is 0.184. The Bertz CT molecular complexity index is 428. The molecular formula is C15H23FN2O. The van der Waals surface area contributed by atoms with E-state index in [9.17, 15) is 9.18 Å². The summed E-state index contributed by atoms with van der Waals surface area (Å²) in [6.07, 6.45) is 0. The third kappa shape index (κ3) is 3.94. The van der Waals surface area contributed by atoms with Crippen LogP contribution in [0.5, 0.6) is 0 Å². The molecule has 1 rings (SSSR count). The average molecular weight is 266 g/mol. The average Bonchev–Trinajstić information content (AvgIpc) is 2.38. The molecule has 0 bridgehead atoms. The van der Waals surface area contributed by atoms with E-state index < -0.39 is 5.41 Å². The van der Waals surface area contributed by atoms with Crippen molar-refractivity contribution in [1.82, 2.24) is 10.2 Å². The Hall–Kier alpha value is -1.58. The SMILES string of the molecule is CCN(CC)C(=O)NCC(C)(C)c1ccccc1F. The minimum absolute atomic E-state index is 0.102. The summed E-state index contributed by atoms with van der Waals surface area (Å²) < 4.78 is 13.8. The Kier molecular flexibility index (Phi) is 5.33. The van der Waals surface area contributed by atoms with Gasteiger partial charge in [-0.25, -0.2) is 9.18 Å². The quantitative estimate of drug-likeness (QED) is 0.872. The minimum Gasteiger partial charge on any atom is -0.337 e. The number of carbonyl (C=O) groups is 1. The highest BCUT2D eigenvalue weighted by molar-refractivity contribution is 5.74. The van der Waals surface area contributed by atoms with E-state index in [1.807, 2.05) is 33.8 Å². The van der Waals surface area contributed by atoms with Crippen molar-refractivity contribution in [2.45, 2.75) is 33.1 Å². The second-order valence-electron chi connectivity index (χ2n) is 5.19. The molecule has 0 aliphatic heterocycles. The van der Waals surface area contributed by atoms with Crippen molar-refractivity contribution >= 4 is 6.03 Å². The third-order valence-electron chi connectivity index (χ3n) is 3.34. The molecule has 0 radical (unpaired) electrons. The Balaban J connectivity index is 2.71. The molecule has 0 atom stereocenters. The van der Waals surface area contributed by atoms with Crippen molar-refractivity contribution in [3.8, 4) is 0 Å². The first-order valence-corrected chi connectivity index (χ1v) is 6.70. The molecule has 1 aromatic carbocycles. The number of nitrogens with zero attached hydrogens (tertiary/aromatic N) is 1. The summed E-state index contributed by atoms with van der Waals surface area (Å²) in [7, 11) is 0. The lowest BCUT2D eigenvalue weighted by Crippen LogP contribution is -2.44. The lowest BCUT2D eigenvalue weighted by atomic mass is 9.84. The van der Waals surface area contributed by atoms with Gasteiger partial charge in [0.25, 0.3) is 0 Å². The number of amides is 2. The summed E-state index contributed by atoms with van der Waals surface area (Å²) in [6, 6.07) is 6.59. The van der Waals surface area contributed by atoms with Crippen LogP contribution < -0.4 is 5.32 Å². The highest BCUT2D eigenvalue weighted by Gasteiger charge is 2.25. The molecule has 0 aromatic heterocycles. The monoisotopic (exact) mass is 266 g/mol. The van der Waals surface area contributed by atoms with Crippen LogP contribution in [-0.4, -0.2) is 30.6 Å². The van der Waals surface area contributed by atoms with Crippen LogP contribution in [0.3, 0.4) is 0 Å². The van der Waals surface area contributed by atoms with E-state index >= 15 is 0 Å². The number of carbonyl (C=O) groups excluding carboxylic acids is 1. The lowest BCUT2D eigenvalue weighted by Gasteiger charge is -2.28. The summed E-state index contributed by atoms with van der Waals surface area (Å²) in [5, 5.41) is 2.87. The van der Waals surface area contributed by atoms with Gasteiger partial charge >= 0.3 is 6.03 Å². The lowest BCUT2D eigenvalue weighted by molar-refractivity contribution is 0.200. The van der Waals surface area contributed by atoms with E-state index in [4.69, 9.17) is 0 Å². The highest BCUT2D eigenvalue weighted by Crippen LogP contribution is 2.24. The van der Waals surface area contributed by atoms with Crippen LogP contribution in [0.2, 0.25) is 0 Å². The maximum Gasteiger partial charge on any atom is 0.317 e. The number of nitrogens with one attached hydrogen (secondary N) is 1. The van der Waals surface area contributed by atoms with Crippen LogP contribution in [0.4, 0.5) is 9.18 Å². The Morgan fingerprint density at radius 1 is 1.26 bits per heavy atom. The molecule has 0 spiro atoms. The number of rotatable bonds is 5. The smallest absolute Gasteiger partial charge is 0.317 e. The van der Waals surface area contributed by atoms with E-state index in [0.717, 1.165) is 0 Å². The fourth-order valence-corrected chi connectivity index (χ4v) is 2.02. The third-order valence-corrected chi connectivity index (χ3v) is 3.34. The van der Waals surface area contributed by atoms with E-state index in [1.54, 1.807) is 17.0 Å². The van der Waals surface area contributed by atoms with Crippen molar-refractivity contribution in [1.29, 1.82) is 0 Å². The Labute approximate surface area is 114 Å². The van der Waals surface area contributed by atoms with E-state index in [2.05, 4.69) is 5.32 Å². The Morgan fingerprint density at radius 2 is 1.84 bits per heavy atom. The van der Waals surface area contributed by atoms with Crippen LogP contribution in [0.15, 0.2) is 24.3 Å². The second kappa shape index (κ2) is 6.55. The second-order valence-corrected chi connectivity index (χ2v) is 5.19. The van der Waals surface area contributed by atoms with Crippen LogP contribution in [0, 0.1) is 5.82 Å². The fraction of sp³-hybridized carbons (Fsp3) is 0.533. The van der Waals surface area contributed by atoms with E-state index in [0.29, 0.717) is 25.2 Å². The normalized spacial score (nSPS) is 11.2. The van der Waals surface area contributed by atoms with Gasteiger partial charge in [0, 0.05) is 25.0 Å². The van der Waals surface area contributed by atoms with Crippen LogP contribution in [0.25, 0.3) is 0 Å². The molecule has 2 amide bonds. The molecule has 0 aliphatic carbocycles. The van der Waals surface area contributed by atoms with Crippen molar-refractivity contribution in [3.05, 3.63) is 35.6 Å². The molecule has 0 aliphatic rings. The van der Waals surface area contributed by atoms with Gasteiger partial charge in [0.05, 0.1) is 0 Å². The molecule has 0 fully saturated rings. The van der Waals surface area contributed by atoms with Gasteiger partial charge in [-0.3, -0.25) is 0 Å². The number of benzene rings is 1. The van der Waals surface area contributed by atoms with Crippen molar-refractivity contribution < 1.29 is 9.18 Å². The van der Waals surface area contributed by atoms with E-state index in [-0.39, 0.29) is 11.8 Å². The predicted molar refractivity (Wildman–Crippen MR) is 75.7 cm³/mol. The molecule has 3 nitrogen and oxygen atoms in total. The first-order chi connectivity index (χ1) is 8.92. The predicted octanol–water partition coefficient (Wildman–Crippen LogP) is 3.15. The summed E-state index contributed by atoms with van der Waals surface area (Å²) >= 11 is 0. The summed E-state index contributed by atoms with van der Waals surface area (Å²) in [4.78, 5) is 13.6. The molecule has 0 heterocycles. The Morgan fingerprint density at radius 3 is 2.37 bits per heavy atom. The van der Waals surface area contributed by atoms with Crippen molar-refractivity contribution in [2.24, 2.45) is 0 Å². The van der Waals surface area contributed by atoms with Gasteiger partial charge in [0.15, 0.2) is 0 Å². The molecular weight excluding hydrogens is 243 g/mol. The minimum atomic E-state index is -0.436. The van der Waals surface area contributed by atoms with Crippen LogP contribution in [0.1, 0.15) is 33.3 Å².